The van der Waals surface area contributed by atoms with Crippen molar-refractivity contribution < 1.29 is 9.59 Å². The number of amides is 3. The van der Waals surface area contributed by atoms with E-state index in [9.17, 15) is 9.59 Å². The Hall–Kier alpha value is -2.73. The molecule has 1 saturated heterocycles. The number of nitrogens with zero attached hydrogens (tertiary/aromatic N) is 1. The topological polar surface area (TPSA) is 73.5 Å². The zero-order valence-electron chi connectivity index (χ0n) is 16.6. The van der Waals surface area contributed by atoms with Crippen molar-refractivity contribution in [2.75, 3.05) is 23.7 Å². The summed E-state index contributed by atoms with van der Waals surface area (Å²) in [6, 6.07) is 13.0. The van der Waals surface area contributed by atoms with Gasteiger partial charge in [-0.25, -0.2) is 4.79 Å². The summed E-state index contributed by atoms with van der Waals surface area (Å²) in [6.07, 6.45) is 1.23. The molecule has 6 nitrogen and oxygen atoms in total. The number of hydrogen-bond donors (Lipinski definition) is 3. The summed E-state index contributed by atoms with van der Waals surface area (Å²) in [5, 5.41) is 10.1. The highest BCUT2D eigenvalue weighted by molar-refractivity contribution is 6.31. The molecule has 0 radical (unpaired) electrons. The van der Waals surface area contributed by atoms with Crippen LogP contribution in [0.5, 0.6) is 0 Å². The molecule has 0 saturated carbocycles. The van der Waals surface area contributed by atoms with Gasteiger partial charge in [-0.15, -0.1) is 0 Å². The minimum Gasteiger partial charge on any atom is -0.362 e. The van der Waals surface area contributed by atoms with Crippen LogP contribution in [0.4, 0.5) is 16.2 Å². The highest BCUT2D eigenvalue weighted by Gasteiger charge is 2.41. The lowest BCUT2D eigenvalue weighted by atomic mass is 9.92. The molecule has 1 fully saturated rings. The van der Waals surface area contributed by atoms with Crippen LogP contribution in [0.3, 0.4) is 0 Å². The average molecular weight is 413 g/mol. The summed E-state index contributed by atoms with van der Waals surface area (Å²) in [4.78, 5) is 27.0. The maximum absolute atomic E-state index is 12.7. The van der Waals surface area contributed by atoms with Crippen molar-refractivity contribution in [3.05, 3.63) is 58.6 Å². The van der Waals surface area contributed by atoms with Crippen LogP contribution in [-0.4, -0.2) is 35.6 Å². The van der Waals surface area contributed by atoms with E-state index in [0.29, 0.717) is 42.4 Å². The van der Waals surface area contributed by atoms with E-state index in [0.717, 1.165) is 11.4 Å². The van der Waals surface area contributed by atoms with Gasteiger partial charge in [-0.2, -0.15) is 0 Å². The lowest BCUT2D eigenvalue weighted by Gasteiger charge is -2.45. The summed E-state index contributed by atoms with van der Waals surface area (Å²) < 4.78 is 0. The minimum atomic E-state index is -0.551. The second-order valence-corrected chi connectivity index (χ2v) is 8.48. The van der Waals surface area contributed by atoms with Crippen LogP contribution < -0.4 is 16.0 Å². The van der Waals surface area contributed by atoms with Crippen LogP contribution in [0.2, 0.25) is 5.02 Å². The zero-order valence-corrected chi connectivity index (χ0v) is 17.3. The summed E-state index contributed by atoms with van der Waals surface area (Å²) in [5.41, 5.74) is 2.80. The molecule has 4 rings (SSSR count). The van der Waals surface area contributed by atoms with Gasteiger partial charge in [0.1, 0.15) is 5.66 Å². The van der Waals surface area contributed by atoms with Crippen molar-refractivity contribution in [1.29, 1.82) is 0 Å². The van der Waals surface area contributed by atoms with E-state index in [-0.39, 0.29) is 11.9 Å². The fourth-order valence-corrected chi connectivity index (χ4v) is 4.06. The third-order valence-corrected chi connectivity index (χ3v) is 5.92. The van der Waals surface area contributed by atoms with E-state index < -0.39 is 5.66 Å². The van der Waals surface area contributed by atoms with Gasteiger partial charge in [0.25, 0.3) is 5.91 Å². The number of carbonyl (C=O) groups is 2. The quantitative estimate of drug-likeness (QED) is 0.672. The molecule has 3 N–H and O–H groups in total. The first-order valence-corrected chi connectivity index (χ1v) is 10.3. The molecule has 0 aliphatic carbocycles. The molecule has 2 aliphatic rings. The van der Waals surface area contributed by atoms with Crippen LogP contribution in [0.15, 0.2) is 42.5 Å². The molecular weight excluding hydrogens is 388 g/mol. The predicted octanol–water partition coefficient (Wildman–Crippen LogP) is 4.64. The molecule has 0 aromatic heterocycles. The molecule has 0 unspecified atom stereocenters. The molecule has 1 spiro atoms. The van der Waals surface area contributed by atoms with Gasteiger partial charge in [0.05, 0.1) is 11.3 Å². The minimum absolute atomic E-state index is 0.112. The molecule has 152 valence electrons. The second-order valence-electron chi connectivity index (χ2n) is 8.05. The number of hydrogen-bond acceptors (Lipinski definition) is 3. The van der Waals surface area contributed by atoms with E-state index >= 15 is 0 Å². The van der Waals surface area contributed by atoms with Gasteiger partial charge in [0.2, 0.25) is 0 Å². The number of urea groups is 1. The van der Waals surface area contributed by atoms with Gasteiger partial charge >= 0.3 is 6.03 Å². The smallest absolute Gasteiger partial charge is 0.321 e. The number of halogens is 1. The van der Waals surface area contributed by atoms with E-state index in [1.165, 1.54) is 5.56 Å². The van der Waals surface area contributed by atoms with Crippen LogP contribution in [-0.2, 0) is 0 Å². The number of carbonyl (C=O) groups excluding carboxylic acids is 2. The number of fused-ring (bicyclic) bond motifs is 1. The molecule has 29 heavy (non-hydrogen) atoms. The van der Waals surface area contributed by atoms with E-state index in [1.54, 1.807) is 23.1 Å². The van der Waals surface area contributed by atoms with Crippen LogP contribution >= 0.6 is 11.6 Å². The van der Waals surface area contributed by atoms with E-state index in [2.05, 4.69) is 29.8 Å². The zero-order chi connectivity index (χ0) is 20.6. The second kappa shape index (κ2) is 7.59. The standard InChI is InChI=1S/C22H25ClN4O2/c1-14(2)15-3-6-17(7-4-15)24-21(29)27-11-9-22(10-12-27)25-19-13-16(23)5-8-18(19)20(28)26-22/h3-8,13-14,25H,9-12H2,1-2H3,(H,24,29)(H,26,28). The SMILES string of the molecule is CC(C)c1ccc(NC(=O)N2CCC3(CC2)NC(=O)c2ccc(Cl)cc2N3)cc1. The van der Waals surface area contributed by atoms with Crippen molar-refractivity contribution in [3.8, 4) is 0 Å². The summed E-state index contributed by atoms with van der Waals surface area (Å²) in [5.74, 6) is 0.342. The lowest BCUT2D eigenvalue weighted by molar-refractivity contribution is 0.0852. The van der Waals surface area contributed by atoms with Gasteiger partial charge in [-0.3, -0.25) is 4.79 Å². The molecular formula is C22H25ClN4O2. The van der Waals surface area contributed by atoms with Gasteiger partial charge in [-0.05, 0) is 41.8 Å². The predicted molar refractivity (Wildman–Crippen MR) is 116 cm³/mol. The van der Waals surface area contributed by atoms with Crippen LogP contribution in [0, 0.1) is 0 Å². The summed E-state index contributed by atoms with van der Waals surface area (Å²) in [6.45, 7) is 5.36. The van der Waals surface area contributed by atoms with Gasteiger partial charge in [-0.1, -0.05) is 37.6 Å². The third kappa shape index (κ3) is 4.03. The Kier molecular flexibility index (Phi) is 5.13. The van der Waals surface area contributed by atoms with Gasteiger partial charge in [0, 0.05) is 36.6 Å². The number of likely N-dealkylation sites (tertiary alicyclic amines) is 1. The van der Waals surface area contributed by atoms with Crippen molar-refractivity contribution in [1.82, 2.24) is 10.2 Å². The monoisotopic (exact) mass is 412 g/mol. The summed E-state index contributed by atoms with van der Waals surface area (Å²) in [7, 11) is 0. The first kappa shape index (κ1) is 19.6. The Morgan fingerprint density at radius 2 is 1.79 bits per heavy atom. The maximum atomic E-state index is 12.7. The lowest BCUT2D eigenvalue weighted by Crippen LogP contribution is -2.63. The molecule has 7 heteroatoms. The molecule has 2 aromatic carbocycles. The Labute approximate surface area is 175 Å². The summed E-state index contributed by atoms with van der Waals surface area (Å²) >= 11 is 6.09. The Bertz CT molecular complexity index is 934. The molecule has 2 aliphatic heterocycles. The van der Waals surface area contributed by atoms with E-state index in [4.69, 9.17) is 11.6 Å². The Morgan fingerprint density at radius 3 is 2.45 bits per heavy atom. The van der Waals surface area contributed by atoms with Gasteiger partial charge in [0.15, 0.2) is 0 Å². The average Bonchev–Trinajstić information content (AvgIpc) is 2.68. The molecule has 2 aromatic rings. The normalized spacial score (nSPS) is 17.5. The van der Waals surface area contributed by atoms with Crippen LogP contribution in [0.25, 0.3) is 0 Å². The number of piperidine rings is 1. The van der Waals surface area contributed by atoms with Gasteiger partial charge < -0.3 is 20.9 Å². The first-order chi connectivity index (χ1) is 13.8. The fraction of sp³-hybridized carbons (Fsp3) is 0.364. The van der Waals surface area contributed by atoms with Crippen molar-refractivity contribution >= 4 is 34.9 Å². The molecule has 0 atom stereocenters. The Balaban J connectivity index is 1.39. The van der Waals surface area contributed by atoms with Crippen LogP contribution in [0.1, 0.15) is 48.5 Å². The number of rotatable bonds is 2. The molecule has 3 amide bonds. The highest BCUT2D eigenvalue weighted by atomic mass is 35.5. The fourth-order valence-electron chi connectivity index (χ4n) is 3.89. The maximum Gasteiger partial charge on any atom is 0.321 e. The number of benzene rings is 2. The first-order valence-electron chi connectivity index (χ1n) is 9.91. The number of anilines is 2. The largest absolute Gasteiger partial charge is 0.362 e. The third-order valence-electron chi connectivity index (χ3n) is 5.69. The van der Waals surface area contributed by atoms with Crippen molar-refractivity contribution in [2.24, 2.45) is 0 Å². The van der Waals surface area contributed by atoms with Crippen molar-refractivity contribution in [3.63, 3.8) is 0 Å². The number of nitrogens with one attached hydrogen (secondary N) is 3. The van der Waals surface area contributed by atoms with Crippen molar-refractivity contribution in [2.45, 2.75) is 38.3 Å². The molecule has 2 heterocycles. The molecule has 0 bridgehead atoms. The van der Waals surface area contributed by atoms with E-state index in [1.807, 2.05) is 24.3 Å². The highest BCUT2D eigenvalue weighted by Crippen LogP contribution is 2.33. The Morgan fingerprint density at radius 1 is 1.10 bits per heavy atom.